The molecule has 0 bridgehead atoms. The van der Waals surface area contributed by atoms with E-state index in [1.54, 1.807) is 32.1 Å². The fraction of sp³-hybridized carbons (Fsp3) is 0.500. The maximum Gasteiger partial charge on any atom is 0.322 e. The standard InChI is InChI=1S/C24H34N4O5/c1-7-24(3,30)20-15-21(22(33-6)25-16(20)2)26-23(29)28-10-8-27(9-11-28)17-12-18(31-4)14-19(13-17)32-5/h12-15,30H,7-11H2,1-6H3,(H,26,29). The lowest BCUT2D eigenvalue weighted by molar-refractivity contribution is 0.0520. The normalized spacial score (nSPS) is 15.6. The fourth-order valence-corrected chi connectivity index (χ4v) is 3.90. The summed E-state index contributed by atoms with van der Waals surface area (Å²) in [6.45, 7) is 7.90. The van der Waals surface area contributed by atoms with Gasteiger partial charge in [-0.1, -0.05) is 6.92 Å². The summed E-state index contributed by atoms with van der Waals surface area (Å²) in [7, 11) is 4.76. The van der Waals surface area contributed by atoms with E-state index in [1.807, 2.05) is 32.0 Å². The molecule has 9 nitrogen and oxygen atoms in total. The van der Waals surface area contributed by atoms with Crippen molar-refractivity contribution < 1.29 is 24.1 Å². The van der Waals surface area contributed by atoms with Crippen LogP contribution in [0, 0.1) is 6.92 Å². The number of carbonyl (C=O) groups is 1. The lowest BCUT2D eigenvalue weighted by Gasteiger charge is -2.36. The summed E-state index contributed by atoms with van der Waals surface area (Å²) in [6.07, 6.45) is 0.520. The van der Waals surface area contributed by atoms with Gasteiger partial charge in [-0.15, -0.1) is 0 Å². The number of pyridine rings is 1. The molecule has 2 amide bonds. The minimum absolute atomic E-state index is 0.232. The number of urea groups is 1. The highest BCUT2D eigenvalue weighted by Gasteiger charge is 2.27. The van der Waals surface area contributed by atoms with Crippen molar-refractivity contribution in [2.75, 3.05) is 57.7 Å². The van der Waals surface area contributed by atoms with E-state index in [0.717, 1.165) is 17.2 Å². The zero-order chi connectivity index (χ0) is 24.2. The molecule has 180 valence electrons. The lowest BCUT2D eigenvalue weighted by atomic mass is 9.92. The van der Waals surface area contributed by atoms with Crippen molar-refractivity contribution in [3.8, 4) is 17.4 Å². The molecule has 2 N–H and O–H groups in total. The predicted molar refractivity (Wildman–Crippen MR) is 128 cm³/mol. The van der Waals surface area contributed by atoms with Crippen LogP contribution >= 0.6 is 0 Å². The van der Waals surface area contributed by atoms with Crippen LogP contribution in [0.15, 0.2) is 24.3 Å². The number of rotatable bonds is 7. The van der Waals surface area contributed by atoms with E-state index < -0.39 is 5.60 Å². The van der Waals surface area contributed by atoms with E-state index in [9.17, 15) is 9.90 Å². The summed E-state index contributed by atoms with van der Waals surface area (Å²) in [5.74, 6) is 1.77. The van der Waals surface area contributed by atoms with Gasteiger partial charge in [0.15, 0.2) is 0 Å². The second-order valence-corrected chi connectivity index (χ2v) is 8.28. The van der Waals surface area contributed by atoms with E-state index >= 15 is 0 Å². The van der Waals surface area contributed by atoms with Gasteiger partial charge in [0.05, 0.1) is 26.9 Å². The van der Waals surface area contributed by atoms with E-state index in [4.69, 9.17) is 14.2 Å². The summed E-state index contributed by atoms with van der Waals surface area (Å²) in [5, 5.41) is 13.6. The number of anilines is 2. The summed E-state index contributed by atoms with van der Waals surface area (Å²) in [6, 6.07) is 7.27. The number of hydrogen-bond acceptors (Lipinski definition) is 7. The van der Waals surface area contributed by atoms with E-state index in [-0.39, 0.29) is 6.03 Å². The van der Waals surface area contributed by atoms with Gasteiger partial charge in [-0.05, 0) is 26.3 Å². The number of piperazine rings is 1. The molecular formula is C24H34N4O5. The van der Waals surface area contributed by atoms with E-state index in [0.29, 0.717) is 55.4 Å². The van der Waals surface area contributed by atoms with Crippen LogP contribution in [0.1, 0.15) is 31.5 Å². The molecule has 3 rings (SSSR count). The molecule has 33 heavy (non-hydrogen) atoms. The highest BCUT2D eigenvalue weighted by molar-refractivity contribution is 5.91. The van der Waals surface area contributed by atoms with Gasteiger partial charge < -0.3 is 34.4 Å². The summed E-state index contributed by atoms with van der Waals surface area (Å²) >= 11 is 0. The second kappa shape index (κ2) is 10.2. The maximum absolute atomic E-state index is 13.0. The number of hydrogen-bond donors (Lipinski definition) is 2. The first-order valence-electron chi connectivity index (χ1n) is 11.0. The topological polar surface area (TPSA) is 96.4 Å². The Morgan fingerprint density at radius 3 is 2.18 bits per heavy atom. The maximum atomic E-state index is 13.0. The van der Waals surface area contributed by atoms with Crippen LogP contribution in [0.25, 0.3) is 0 Å². The number of nitrogens with zero attached hydrogens (tertiary/aromatic N) is 3. The average molecular weight is 459 g/mol. The Morgan fingerprint density at radius 1 is 1.06 bits per heavy atom. The van der Waals surface area contributed by atoms with Gasteiger partial charge in [0.2, 0.25) is 5.88 Å². The predicted octanol–water partition coefficient (Wildman–Crippen LogP) is 3.39. The number of amides is 2. The number of aliphatic hydroxyl groups is 1. The highest BCUT2D eigenvalue weighted by Crippen LogP contribution is 2.33. The Morgan fingerprint density at radius 2 is 1.67 bits per heavy atom. The lowest BCUT2D eigenvalue weighted by Crippen LogP contribution is -2.50. The van der Waals surface area contributed by atoms with Crippen molar-refractivity contribution >= 4 is 17.4 Å². The number of aryl methyl sites for hydroxylation is 1. The largest absolute Gasteiger partial charge is 0.497 e. The van der Waals surface area contributed by atoms with Crippen molar-refractivity contribution in [1.82, 2.24) is 9.88 Å². The SMILES string of the molecule is CCC(C)(O)c1cc(NC(=O)N2CCN(c3cc(OC)cc(OC)c3)CC2)c(OC)nc1C. The third-order valence-corrected chi connectivity index (χ3v) is 6.15. The molecule has 1 fully saturated rings. The molecular weight excluding hydrogens is 424 g/mol. The van der Waals surface area contributed by atoms with Gasteiger partial charge in [0.25, 0.3) is 0 Å². The van der Waals surface area contributed by atoms with Crippen molar-refractivity contribution in [3.63, 3.8) is 0 Å². The van der Waals surface area contributed by atoms with Gasteiger partial charge >= 0.3 is 6.03 Å². The first-order valence-corrected chi connectivity index (χ1v) is 11.0. The molecule has 9 heteroatoms. The molecule has 1 unspecified atom stereocenters. The monoisotopic (exact) mass is 458 g/mol. The van der Waals surface area contributed by atoms with Crippen LogP contribution in [0.2, 0.25) is 0 Å². The summed E-state index contributed by atoms with van der Waals surface area (Å²) in [5.41, 5.74) is 1.71. The number of benzene rings is 1. The minimum Gasteiger partial charge on any atom is -0.497 e. The highest BCUT2D eigenvalue weighted by atomic mass is 16.5. The Kier molecular flexibility index (Phi) is 7.53. The minimum atomic E-state index is -1.05. The molecule has 1 aromatic carbocycles. The first kappa shape index (κ1) is 24.4. The number of aromatic nitrogens is 1. The molecule has 2 heterocycles. The molecule has 0 spiro atoms. The Bertz CT molecular complexity index is 965. The molecule has 0 saturated carbocycles. The average Bonchev–Trinajstić information content (AvgIpc) is 2.84. The van der Waals surface area contributed by atoms with Crippen LogP contribution in [0.5, 0.6) is 17.4 Å². The number of methoxy groups -OCH3 is 3. The number of nitrogens with one attached hydrogen (secondary N) is 1. The Hall–Kier alpha value is -3.20. The van der Waals surface area contributed by atoms with Gasteiger partial charge in [-0.25, -0.2) is 9.78 Å². The van der Waals surface area contributed by atoms with Crippen molar-refractivity contribution in [2.45, 2.75) is 32.8 Å². The number of ether oxygens (including phenoxy) is 3. The molecule has 0 radical (unpaired) electrons. The summed E-state index contributed by atoms with van der Waals surface area (Å²) in [4.78, 5) is 21.4. The Labute approximate surface area is 195 Å². The molecule has 1 aromatic heterocycles. The third kappa shape index (κ3) is 5.42. The molecule has 1 aliphatic heterocycles. The van der Waals surface area contributed by atoms with Crippen LogP contribution in [0.3, 0.4) is 0 Å². The van der Waals surface area contributed by atoms with Crippen LogP contribution < -0.4 is 24.4 Å². The second-order valence-electron chi connectivity index (χ2n) is 8.28. The van der Waals surface area contributed by atoms with Crippen molar-refractivity contribution in [1.29, 1.82) is 0 Å². The van der Waals surface area contributed by atoms with Crippen molar-refractivity contribution in [2.24, 2.45) is 0 Å². The fourth-order valence-electron chi connectivity index (χ4n) is 3.90. The Balaban J connectivity index is 1.71. The van der Waals surface area contributed by atoms with Crippen LogP contribution in [0.4, 0.5) is 16.2 Å². The van der Waals surface area contributed by atoms with E-state index in [2.05, 4.69) is 15.2 Å². The quantitative estimate of drug-likeness (QED) is 0.657. The molecule has 1 atom stereocenters. The zero-order valence-electron chi connectivity index (χ0n) is 20.3. The van der Waals surface area contributed by atoms with Crippen LogP contribution in [-0.4, -0.2) is 68.5 Å². The molecule has 0 aliphatic carbocycles. The van der Waals surface area contributed by atoms with Gasteiger partial charge in [0.1, 0.15) is 17.2 Å². The molecule has 1 aliphatic rings. The number of carbonyl (C=O) groups excluding carboxylic acids is 1. The zero-order valence-corrected chi connectivity index (χ0v) is 20.3. The van der Waals surface area contributed by atoms with Crippen molar-refractivity contribution in [3.05, 3.63) is 35.5 Å². The van der Waals surface area contributed by atoms with E-state index in [1.165, 1.54) is 7.11 Å². The van der Waals surface area contributed by atoms with Gasteiger partial charge in [-0.2, -0.15) is 0 Å². The smallest absolute Gasteiger partial charge is 0.322 e. The van der Waals surface area contributed by atoms with Gasteiger partial charge in [-0.3, -0.25) is 0 Å². The molecule has 2 aromatic rings. The summed E-state index contributed by atoms with van der Waals surface area (Å²) < 4.78 is 16.1. The van der Waals surface area contributed by atoms with Crippen LogP contribution in [-0.2, 0) is 5.60 Å². The third-order valence-electron chi connectivity index (χ3n) is 6.15. The molecule has 1 saturated heterocycles. The first-order chi connectivity index (χ1) is 15.7. The van der Waals surface area contributed by atoms with Gasteiger partial charge in [0, 0.05) is 61.3 Å².